The second-order valence-electron chi connectivity index (χ2n) is 2.73. The van der Waals surface area contributed by atoms with Gasteiger partial charge in [-0.1, -0.05) is 0 Å². The summed E-state index contributed by atoms with van der Waals surface area (Å²) in [5, 5.41) is 0. The maximum Gasteiger partial charge on any atom is 0.125 e. The summed E-state index contributed by atoms with van der Waals surface area (Å²) in [6, 6.07) is 4.45. The molecule has 14 heavy (non-hydrogen) atoms. The lowest BCUT2D eigenvalue weighted by Gasteiger charge is -2.05. The number of hydrogen-bond donors (Lipinski definition) is 1. The number of thioether (sulfide) groups is 1. The predicted molar refractivity (Wildman–Crippen MR) is 58.0 cm³/mol. The van der Waals surface area contributed by atoms with Gasteiger partial charge < -0.3 is 10.5 Å². The van der Waals surface area contributed by atoms with Crippen LogP contribution in [0.4, 0.5) is 10.1 Å². The summed E-state index contributed by atoms with van der Waals surface area (Å²) in [4.78, 5) is 0.908. The van der Waals surface area contributed by atoms with Crippen LogP contribution in [0.5, 0.6) is 0 Å². The van der Waals surface area contributed by atoms with Crippen molar-refractivity contribution in [1.29, 1.82) is 0 Å². The van der Waals surface area contributed by atoms with Crippen LogP contribution in [0.25, 0.3) is 0 Å². The average Bonchev–Trinajstić information content (AvgIpc) is 2.15. The molecule has 0 bridgehead atoms. The van der Waals surface area contributed by atoms with Gasteiger partial charge in [0.15, 0.2) is 0 Å². The molecular weight excluding hydrogens is 201 g/mol. The van der Waals surface area contributed by atoms with E-state index in [2.05, 4.69) is 0 Å². The standard InChI is InChI=1S/C10H14FNOS/c1-2-13-5-6-14-10-4-3-8(11)7-9(10)12/h3-4,7H,2,5-6,12H2,1H3. The summed E-state index contributed by atoms with van der Waals surface area (Å²) >= 11 is 1.58. The molecule has 2 nitrogen and oxygen atoms in total. The third-order valence-corrected chi connectivity index (χ3v) is 2.71. The van der Waals surface area contributed by atoms with E-state index < -0.39 is 0 Å². The van der Waals surface area contributed by atoms with Crippen LogP contribution in [0.2, 0.25) is 0 Å². The molecular formula is C10H14FNOS. The number of anilines is 1. The van der Waals surface area contributed by atoms with Crippen molar-refractivity contribution in [3.63, 3.8) is 0 Å². The first-order valence-electron chi connectivity index (χ1n) is 4.49. The van der Waals surface area contributed by atoms with Gasteiger partial charge in [-0.3, -0.25) is 0 Å². The average molecular weight is 215 g/mol. The van der Waals surface area contributed by atoms with E-state index in [1.807, 2.05) is 6.92 Å². The van der Waals surface area contributed by atoms with Crippen molar-refractivity contribution in [2.45, 2.75) is 11.8 Å². The molecule has 0 atom stereocenters. The highest BCUT2D eigenvalue weighted by Gasteiger charge is 2.00. The molecule has 0 aliphatic rings. The molecule has 4 heteroatoms. The highest BCUT2D eigenvalue weighted by atomic mass is 32.2. The lowest BCUT2D eigenvalue weighted by atomic mass is 10.3. The maximum absolute atomic E-state index is 12.7. The van der Waals surface area contributed by atoms with Crippen LogP contribution in [0.1, 0.15) is 6.92 Å². The Balaban J connectivity index is 2.42. The quantitative estimate of drug-likeness (QED) is 0.466. The van der Waals surface area contributed by atoms with Crippen LogP contribution in [0.3, 0.4) is 0 Å². The fourth-order valence-corrected chi connectivity index (χ4v) is 1.82. The molecule has 78 valence electrons. The highest BCUT2D eigenvalue weighted by molar-refractivity contribution is 7.99. The molecule has 0 heterocycles. The van der Waals surface area contributed by atoms with Gasteiger partial charge >= 0.3 is 0 Å². The van der Waals surface area contributed by atoms with Crippen molar-refractivity contribution in [1.82, 2.24) is 0 Å². The van der Waals surface area contributed by atoms with Crippen molar-refractivity contribution in [3.05, 3.63) is 24.0 Å². The summed E-state index contributed by atoms with van der Waals surface area (Å²) in [6.45, 7) is 3.37. The Hall–Kier alpha value is -0.740. The van der Waals surface area contributed by atoms with Gasteiger partial charge in [0.2, 0.25) is 0 Å². The zero-order valence-corrected chi connectivity index (χ0v) is 8.94. The van der Waals surface area contributed by atoms with E-state index in [1.54, 1.807) is 17.8 Å². The van der Waals surface area contributed by atoms with Crippen LogP contribution in [-0.2, 0) is 4.74 Å². The Bertz CT molecular complexity index is 293. The molecule has 1 rings (SSSR count). The molecule has 1 aromatic carbocycles. The van der Waals surface area contributed by atoms with Gasteiger partial charge in [-0.2, -0.15) is 0 Å². The summed E-state index contributed by atoms with van der Waals surface area (Å²) in [5.41, 5.74) is 6.13. The van der Waals surface area contributed by atoms with Gasteiger partial charge in [0.25, 0.3) is 0 Å². The van der Waals surface area contributed by atoms with E-state index in [1.165, 1.54) is 12.1 Å². The lowest BCUT2D eigenvalue weighted by molar-refractivity contribution is 0.164. The van der Waals surface area contributed by atoms with Crippen molar-refractivity contribution < 1.29 is 9.13 Å². The van der Waals surface area contributed by atoms with Crippen LogP contribution in [0, 0.1) is 5.82 Å². The number of benzene rings is 1. The fraction of sp³-hybridized carbons (Fsp3) is 0.400. The number of nitrogens with two attached hydrogens (primary N) is 1. The first-order valence-corrected chi connectivity index (χ1v) is 5.48. The number of ether oxygens (including phenoxy) is 1. The third-order valence-electron chi connectivity index (χ3n) is 1.66. The van der Waals surface area contributed by atoms with Crippen molar-refractivity contribution in [2.24, 2.45) is 0 Å². The Morgan fingerprint density at radius 2 is 2.29 bits per heavy atom. The van der Waals surface area contributed by atoms with Gasteiger partial charge in [0, 0.05) is 22.9 Å². The van der Waals surface area contributed by atoms with Crippen LogP contribution < -0.4 is 5.73 Å². The zero-order valence-electron chi connectivity index (χ0n) is 8.13. The zero-order chi connectivity index (χ0) is 10.4. The van der Waals surface area contributed by atoms with Gasteiger partial charge in [0.1, 0.15) is 5.82 Å². The minimum atomic E-state index is -0.295. The molecule has 2 N–H and O–H groups in total. The van der Waals surface area contributed by atoms with Gasteiger partial charge in [0.05, 0.1) is 6.61 Å². The molecule has 0 aliphatic carbocycles. The Labute approximate surface area is 87.6 Å². The number of nitrogen functional groups attached to an aromatic ring is 1. The number of halogens is 1. The summed E-state index contributed by atoms with van der Waals surface area (Å²) in [7, 11) is 0. The molecule has 0 fully saturated rings. The molecule has 0 spiro atoms. The molecule has 0 amide bonds. The van der Waals surface area contributed by atoms with Crippen LogP contribution in [-0.4, -0.2) is 19.0 Å². The third kappa shape index (κ3) is 3.55. The molecule has 0 aromatic heterocycles. The van der Waals surface area contributed by atoms with Crippen molar-refractivity contribution in [2.75, 3.05) is 24.7 Å². The Morgan fingerprint density at radius 1 is 1.50 bits per heavy atom. The van der Waals surface area contributed by atoms with Crippen molar-refractivity contribution >= 4 is 17.4 Å². The first-order chi connectivity index (χ1) is 6.74. The van der Waals surface area contributed by atoms with Gasteiger partial charge in [-0.15, -0.1) is 11.8 Å². The smallest absolute Gasteiger partial charge is 0.125 e. The number of rotatable bonds is 5. The largest absolute Gasteiger partial charge is 0.398 e. The Morgan fingerprint density at radius 3 is 2.93 bits per heavy atom. The summed E-state index contributed by atoms with van der Waals surface area (Å²) in [5.74, 6) is 0.542. The van der Waals surface area contributed by atoms with E-state index in [0.29, 0.717) is 12.3 Å². The van der Waals surface area contributed by atoms with Crippen molar-refractivity contribution in [3.8, 4) is 0 Å². The second-order valence-corrected chi connectivity index (χ2v) is 3.86. The summed E-state index contributed by atoms with van der Waals surface area (Å²) < 4.78 is 17.9. The van der Waals surface area contributed by atoms with Gasteiger partial charge in [-0.25, -0.2) is 4.39 Å². The minimum absolute atomic E-state index is 0.295. The Kier molecular flexibility index (Phi) is 4.76. The fourth-order valence-electron chi connectivity index (χ4n) is 1.01. The number of hydrogen-bond acceptors (Lipinski definition) is 3. The van der Waals surface area contributed by atoms with Gasteiger partial charge in [-0.05, 0) is 25.1 Å². The van der Waals surface area contributed by atoms with Crippen LogP contribution in [0.15, 0.2) is 23.1 Å². The normalized spacial score (nSPS) is 10.4. The molecule has 0 saturated carbocycles. The molecule has 0 radical (unpaired) electrons. The SMILES string of the molecule is CCOCCSc1ccc(F)cc1N. The van der Waals surface area contributed by atoms with E-state index in [0.717, 1.165) is 17.3 Å². The molecule has 0 aliphatic heterocycles. The lowest BCUT2D eigenvalue weighted by Crippen LogP contribution is -1.97. The highest BCUT2D eigenvalue weighted by Crippen LogP contribution is 2.25. The minimum Gasteiger partial charge on any atom is -0.398 e. The topological polar surface area (TPSA) is 35.2 Å². The van der Waals surface area contributed by atoms with E-state index >= 15 is 0 Å². The molecule has 1 aromatic rings. The molecule has 0 saturated heterocycles. The first kappa shape index (κ1) is 11.3. The predicted octanol–water partition coefficient (Wildman–Crippen LogP) is 2.54. The van der Waals surface area contributed by atoms with E-state index in [9.17, 15) is 4.39 Å². The monoisotopic (exact) mass is 215 g/mol. The molecule has 0 unspecified atom stereocenters. The summed E-state index contributed by atoms with van der Waals surface area (Å²) in [6.07, 6.45) is 0. The maximum atomic E-state index is 12.7. The van der Waals surface area contributed by atoms with E-state index in [-0.39, 0.29) is 5.82 Å². The van der Waals surface area contributed by atoms with Crippen LogP contribution >= 0.6 is 11.8 Å². The second kappa shape index (κ2) is 5.88. The van der Waals surface area contributed by atoms with E-state index in [4.69, 9.17) is 10.5 Å².